The molecule has 1 aliphatic rings. The molecule has 3 aromatic heterocycles. The van der Waals surface area contributed by atoms with E-state index in [0.717, 1.165) is 34.9 Å². The highest BCUT2D eigenvalue weighted by Crippen LogP contribution is 2.48. The molecule has 11 rings (SSSR count). The maximum atomic E-state index is 6.56. The van der Waals surface area contributed by atoms with Gasteiger partial charge in [-0.2, -0.15) is 0 Å². The summed E-state index contributed by atoms with van der Waals surface area (Å²) in [5.41, 5.74) is 17.9. The fourth-order valence-corrected chi connectivity index (χ4v) is 10.0. The quantitative estimate of drug-likeness (QED) is 0.185. The first-order valence-corrected chi connectivity index (χ1v) is 19.6. The van der Waals surface area contributed by atoms with Crippen molar-refractivity contribution in [2.75, 3.05) is 4.90 Å². The summed E-state index contributed by atoms with van der Waals surface area (Å²) in [6, 6.07) is 51.3. The summed E-state index contributed by atoms with van der Waals surface area (Å²) in [6.07, 6.45) is 0. The Morgan fingerprint density at radius 1 is 0.630 bits per heavy atom. The first kappa shape index (κ1) is 31.5. The molecule has 0 unspecified atom stereocenters. The van der Waals surface area contributed by atoms with E-state index < -0.39 is 0 Å². The number of aromatic nitrogens is 1. The topological polar surface area (TPSA) is 32.2 Å². The predicted molar refractivity (Wildman–Crippen MR) is 234 cm³/mol. The fraction of sp³-hybridized carbons (Fsp3) is 0.102. The van der Waals surface area contributed by atoms with Crippen molar-refractivity contribution < 1.29 is 4.42 Å². The number of aryl methyl sites for hydroxylation is 1. The second kappa shape index (κ2) is 11.5. The number of fused-ring (bicyclic) bond motifs is 11. The Labute approximate surface area is 318 Å². The monoisotopic (exact) mass is 712 g/mol. The Kier molecular flexibility index (Phi) is 6.69. The highest BCUT2D eigenvalue weighted by molar-refractivity contribution is 7.26. The molecule has 0 radical (unpaired) electrons. The molecular formula is C49H37BN2OS. The summed E-state index contributed by atoms with van der Waals surface area (Å²) < 4.78 is 9.19. The molecule has 0 fully saturated rings. The SMILES string of the molecule is Cc1cc(-c2cccc3c2[nH]c2c4ccccc4sc32)c2c(c1)N(c1ccc(C(C)(C)C)cc1-c1ccccc1)c1c(ccc3oc4ccccc4c13)B2. The van der Waals surface area contributed by atoms with Gasteiger partial charge in [0.05, 0.1) is 32.5 Å². The summed E-state index contributed by atoms with van der Waals surface area (Å²) >= 11 is 1.88. The summed E-state index contributed by atoms with van der Waals surface area (Å²) in [5.74, 6) is 0. The van der Waals surface area contributed by atoms with Crippen LogP contribution in [0.3, 0.4) is 0 Å². The number of hydrogen-bond acceptors (Lipinski definition) is 3. The lowest BCUT2D eigenvalue weighted by Crippen LogP contribution is -2.41. The van der Waals surface area contributed by atoms with Crippen molar-refractivity contribution in [3.05, 3.63) is 151 Å². The number of rotatable bonds is 3. The number of anilines is 3. The number of aromatic amines is 1. The van der Waals surface area contributed by atoms with Gasteiger partial charge in [-0.15, -0.1) is 11.3 Å². The van der Waals surface area contributed by atoms with E-state index in [1.165, 1.54) is 86.9 Å². The molecule has 3 nitrogen and oxygen atoms in total. The molecule has 0 bridgehead atoms. The number of benzene rings is 7. The van der Waals surface area contributed by atoms with Gasteiger partial charge in [0.25, 0.3) is 0 Å². The van der Waals surface area contributed by atoms with Gasteiger partial charge in [-0.25, -0.2) is 0 Å². The molecule has 7 aromatic carbocycles. The van der Waals surface area contributed by atoms with Crippen molar-refractivity contribution in [2.45, 2.75) is 33.1 Å². The smallest absolute Gasteiger partial charge is 0.198 e. The van der Waals surface area contributed by atoms with Crippen molar-refractivity contribution in [1.29, 1.82) is 0 Å². The Bertz CT molecular complexity index is 3140. The summed E-state index contributed by atoms with van der Waals surface area (Å²) in [6.45, 7) is 9.14. The van der Waals surface area contributed by atoms with E-state index in [0.29, 0.717) is 0 Å². The Balaban J connectivity index is 1.24. The molecule has 0 saturated carbocycles. The van der Waals surface area contributed by atoms with Gasteiger partial charge in [-0.1, -0.05) is 129 Å². The van der Waals surface area contributed by atoms with Gasteiger partial charge in [-0.05, 0) is 76.5 Å². The molecule has 10 aromatic rings. The van der Waals surface area contributed by atoms with Crippen LogP contribution in [0.15, 0.2) is 144 Å². The minimum atomic E-state index is -0.00857. The number of nitrogens with one attached hydrogen (secondary N) is 1. The number of H-pyrrole nitrogens is 1. The lowest BCUT2D eigenvalue weighted by atomic mass is 9.57. The van der Waals surface area contributed by atoms with Gasteiger partial charge in [0.2, 0.25) is 0 Å². The van der Waals surface area contributed by atoms with Gasteiger partial charge >= 0.3 is 0 Å². The first-order valence-electron chi connectivity index (χ1n) is 18.8. The van der Waals surface area contributed by atoms with Crippen molar-refractivity contribution in [3.63, 3.8) is 0 Å². The highest BCUT2D eigenvalue weighted by Gasteiger charge is 2.33. The molecule has 0 spiro atoms. The van der Waals surface area contributed by atoms with E-state index in [2.05, 4.69) is 177 Å². The van der Waals surface area contributed by atoms with Crippen LogP contribution in [0.2, 0.25) is 0 Å². The Hall–Kier alpha value is -6.04. The van der Waals surface area contributed by atoms with Gasteiger partial charge in [0, 0.05) is 37.7 Å². The highest BCUT2D eigenvalue weighted by atomic mass is 32.1. The van der Waals surface area contributed by atoms with Crippen molar-refractivity contribution in [3.8, 4) is 22.3 Å². The van der Waals surface area contributed by atoms with Crippen LogP contribution in [-0.4, -0.2) is 12.3 Å². The second-order valence-electron chi connectivity index (χ2n) is 15.9. The van der Waals surface area contributed by atoms with Crippen LogP contribution in [0.1, 0.15) is 31.9 Å². The third kappa shape index (κ3) is 4.61. The molecule has 0 saturated heterocycles. The molecule has 1 aliphatic heterocycles. The minimum Gasteiger partial charge on any atom is -0.456 e. The third-order valence-corrected chi connectivity index (χ3v) is 12.6. The van der Waals surface area contributed by atoms with E-state index in [1.54, 1.807) is 0 Å². The number of thiophene rings is 1. The lowest BCUT2D eigenvalue weighted by Gasteiger charge is -2.37. The van der Waals surface area contributed by atoms with Gasteiger partial charge in [0.1, 0.15) is 11.2 Å². The van der Waals surface area contributed by atoms with Crippen LogP contribution < -0.4 is 15.8 Å². The molecular weight excluding hydrogens is 675 g/mol. The van der Waals surface area contributed by atoms with E-state index >= 15 is 0 Å². The van der Waals surface area contributed by atoms with Crippen LogP contribution in [0.4, 0.5) is 17.1 Å². The maximum absolute atomic E-state index is 6.56. The number of hydrogen-bond donors (Lipinski definition) is 1. The second-order valence-corrected chi connectivity index (χ2v) is 16.9. The molecule has 0 atom stereocenters. The average molecular weight is 713 g/mol. The Morgan fingerprint density at radius 2 is 1.41 bits per heavy atom. The van der Waals surface area contributed by atoms with Crippen LogP contribution in [0.25, 0.3) is 75.4 Å². The zero-order valence-electron chi connectivity index (χ0n) is 30.7. The van der Waals surface area contributed by atoms with E-state index in [1.807, 2.05) is 11.3 Å². The number of furan rings is 1. The van der Waals surface area contributed by atoms with Crippen LogP contribution in [0.5, 0.6) is 0 Å². The van der Waals surface area contributed by atoms with E-state index in [-0.39, 0.29) is 5.41 Å². The molecule has 0 aliphatic carbocycles. The largest absolute Gasteiger partial charge is 0.456 e. The average Bonchev–Trinajstić information content (AvgIpc) is 3.87. The van der Waals surface area contributed by atoms with Crippen LogP contribution >= 0.6 is 11.3 Å². The predicted octanol–water partition coefficient (Wildman–Crippen LogP) is 12.5. The van der Waals surface area contributed by atoms with Crippen molar-refractivity contribution >= 4 is 99.7 Å². The fourth-order valence-electron chi connectivity index (χ4n) is 8.86. The van der Waals surface area contributed by atoms with E-state index in [9.17, 15) is 0 Å². The standard InChI is InChI=1S/C49H37BN2OS/c1-28-25-36(31-17-12-18-34-45(31)51-46-33-16-9-11-20-42(33)54-48(34)46)44-39(26-28)52(38-23-21-30(49(2,3)4)27-35(38)29-13-6-5-7-14-29)47-37(50-44)22-24-41-43(47)32-15-8-10-19-40(32)53-41/h5-27,50-51H,1-4H3. The Morgan fingerprint density at radius 3 is 2.26 bits per heavy atom. The van der Waals surface area contributed by atoms with Gasteiger partial charge in [-0.3, -0.25) is 0 Å². The lowest BCUT2D eigenvalue weighted by molar-refractivity contribution is 0.590. The number of nitrogens with zero attached hydrogens (tertiary/aromatic N) is 1. The van der Waals surface area contributed by atoms with E-state index in [4.69, 9.17) is 4.42 Å². The summed E-state index contributed by atoms with van der Waals surface area (Å²) in [5, 5.41) is 4.87. The van der Waals surface area contributed by atoms with Gasteiger partial charge in [0.15, 0.2) is 7.28 Å². The van der Waals surface area contributed by atoms with Gasteiger partial charge < -0.3 is 14.3 Å². The maximum Gasteiger partial charge on any atom is 0.198 e. The third-order valence-electron chi connectivity index (χ3n) is 11.4. The first-order chi connectivity index (χ1) is 26.3. The minimum absolute atomic E-state index is 0.00857. The molecule has 258 valence electrons. The van der Waals surface area contributed by atoms with Crippen LogP contribution in [0, 0.1) is 6.92 Å². The normalized spacial score (nSPS) is 12.9. The zero-order valence-corrected chi connectivity index (χ0v) is 31.6. The summed E-state index contributed by atoms with van der Waals surface area (Å²) in [4.78, 5) is 6.49. The molecule has 54 heavy (non-hydrogen) atoms. The number of para-hydroxylation sites is 2. The molecule has 0 amide bonds. The van der Waals surface area contributed by atoms with Crippen molar-refractivity contribution in [2.24, 2.45) is 0 Å². The molecule has 4 heterocycles. The molecule has 5 heteroatoms. The molecule has 1 N–H and O–H groups in total. The van der Waals surface area contributed by atoms with Crippen molar-refractivity contribution in [1.82, 2.24) is 4.98 Å². The van der Waals surface area contributed by atoms with Crippen LogP contribution in [-0.2, 0) is 5.41 Å². The zero-order chi connectivity index (χ0) is 36.3. The summed E-state index contributed by atoms with van der Waals surface area (Å²) in [7, 11) is 0.807.